The van der Waals surface area contributed by atoms with Crippen LogP contribution in [0.15, 0.2) is 10.5 Å². The summed E-state index contributed by atoms with van der Waals surface area (Å²) in [6.07, 6.45) is 4.34. The molecule has 1 aliphatic carbocycles. The van der Waals surface area contributed by atoms with E-state index < -0.39 is 0 Å². The number of hydrogen-bond acceptors (Lipinski definition) is 2. The van der Waals surface area contributed by atoms with Gasteiger partial charge in [-0.15, -0.1) is 11.6 Å². The topological polar surface area (TPSA) is 42.2 Å². The summed E-state index contributed by atoms with van der Waals surface area (Å²) in [7, 11) is 0. The van der Waals surface area contributed by atoms with Gasteiger partial charge in [-0.3, -0.25) is 4.79 Å². The average Bonchev–Trinajstić information content (AvgIpc) is 2.67. The molecule has 0 bridgehead atoms. The number of alkyl halides is 1. The Morgan fingerprint density at radius 2 is 2.06 bits per heavy atom. The van der Waals surface area contributed by atoms with Crippen LogP contribution in [-0.2, 0) is 0 Å². The molecule has 100 valence electrons. The molecule has 0 atom stereocenters. The molecule has 1 aliphatic rings. The smallest absolute Gasteiger partial charge is 0.254 e. The highest BCUT2D eigenvalue weighted by Crippen LogP contribution is 2.27. The van der Waals surface area contributed by atoms with E-state index in [2.05, 4.69) is 5.32 Å². The van der Waals surface area contributed by atoms with E-state index in [1.54, 1.807) is 6.07 Å². The van der Waals surface area contributed by atoms with Crippen molar-refractivity contribution in [2.45, 2.75) is 44.9 Å². The summed E-state index contributed by atoms with van der Waals surface area (Å²) in [6.45, 7) is 4.41. The van der Waals surface area contributed by atoms with Crippen LogP contribution in [0.3, 0.4) is 0 Å². The van der Waals surface area contributed by atoms with E-state index in [4.69, 9.17) is 16.0 Å². The van der Waals surface area contributed by atoms with E-state index in [0.717, 1.165) is 38.0 Å². The Balaban J connectivity index is 1.83. The molecule has 0 aromatic carbocycles. The fraction of sp³-hybridized carbons (Fsp3) is 0.643. The largest absolute Gasteiger partial charge is 0.466 e. The van der Waals surface area contributed by atoms with E-state index >= 15 is 0 Å². The first kappa shape index (κ1) is 13.5. The van der Waals surface area contributed by atoms with Crippen LogP contribution < -0.4 is 5.32 Å². The molecule has 0 unspecified atom stereocenters. The second-order valence-electron chi connectivity index (χ2n) is 5.15. The van der Waals surface area contributed by atoms with Gasteiger partial charge in [-0.25, -0.2) is 0 Å². The third-order valence-electron chi connectivity index (χ3n) is 3.61. The van der Waals surface area contributed by atoms with E-state index in [-0.39, 0.29) is 5.91 Å². The van der Waals surface area contributed by atoms with Crippen molar-refractivity contribution < 1.29 is 9.21 Å². The van der Waals surface area contributed by atoms with Crippen LogP contribution in [0.4, 0.5) is 0 Å². The van der Waals surface area contributed by atoms with Crippen molar-refractivity contribution in [3.05, 3.63) is 23.2 Å². The van der Waals surface area contributed by atoms with Crippen LogP contribution in [0.2, 0.25) is 0 Å². The Kier molecular flexibility index (Phi) is 4.33. The predicted octanol–water partition coefficient (Wildman–Crippen LogP) is 3.42. The zero-order chi connectivity index (χ0) is 13.1. The van der Waals surface area contributed by atoms with E-state index in [1.165, 1.54) is 0 Å². The molecule has 1 heterocycles. The van der Waals surface area contributed by atoms with Gasteiger partial charge >= 0.3 is 0 Å². The summed E-state index contributed by atoms with van der Waals surface area (Å²) in [5.74, 6) is 2.00. The van der Waals surface area contributed by atoms with Crippen LogP contribution in [-0.4, -0.2) is 17.8 Å². The van der Waals surface area contributed by atoms with Crippen LogP contribution in [0.25, 0.3) is 0 Å². The summed E-state index contributed by atoms with van der Waals surface area (Å²) < 4.78 is 5.36. The monoisotopic (exact) mass is 269 g/mol. The number of halogens is 1. The number of furan rings is 1. The molecule has 1 aromatic heterocycles. The maximum atomic E-state index is 12.0. The fourth-order valence-corrected chi connectivity index (χ4v) is 2.77. The summed E-state index contributed by atoms with van der Waals surface area (Å²) >= 11 is 6.06. The standard InChI is InChI=1S/C14H20ClNO2/c1-9-7-13(10(2)18-9)14(17)16-8-11-3-5-12(15)6-4-11/h7,11-12H,3-6,8H2,1-2H3,(H,16,17). The van der Waals surface area contributed by atoms with Crippen molar-refractivity contribution in [2.24, 2.45) is 5.92 Å². The van der Waals surface area contributed by atoms with Crippen LogP contribution >= 0.6 is 11.6 Å². The Morgan fingerprint density at radius 1 is 1.39 bits per heavy atom. The highest BCUT2D eigenvalue weighted by atomic mass is 35.5. The van der Waals surface area contributed by atoms with Crippen LogP contribution in [0.5, 0.6) is 0 Å². The van der Waals surface area contributed by atoms with Gasteiger partial charge in [0.25, 0.3) is 5.91 Å². The molecule has 0 aliphatic heterocycles. The van der Waals surface area contributed by atoms with Crippen LogP contribution in [0, 0.1) is 19.8 Å². The SMILES string of the molecule is Cc1cc(C(=O)NCC2CCC(Cl)CC2)c(C)o1. The van der Waals surface area contributed by atoms with E-state index in [0.29, 0.717) is 22.6 Å². The maximum Gasteiger partial charge on any atom is 0.254 e. The first-order valence-corrected chi connectivity index (χ1v) is 6.99. The van der Waals surface area contributed by atoms with E-state index in [9.17, 15) is 4.79 Å². The first-order chi connectivity index (χ1) is 8.56. The van der Waals surface area contributed by atoms with Gasteiger partial charge in [-0.05, 0) is 51.5 Å². The van der Waals surface area contributed by atoms with Gasteiger partial charge in [0.1, 0.15) is 11.5 Å². The quantitative estimate of drug-likeness (QED) is 0.855. The Labute approximate surface area is 113 Å². The molecule has 1 N–H and O–H groups in total. The van der Waals surface area contributed by atoms with Crippen molar-refractivity contribution in [2.75, 3.05) is 6.54 Å². The van der Waals surface area contributed by atoms with E-state index in [1.807, 2.05) is 13.8 Å². The molecule has 0 saturated heterocycles. The lowest BCUT2D eigenvalue weighted by Gasteiger charge is -2.24. The molecule has 1 aromatic rings. The molecular weight excluding hydrogens is 250 g/mol. The molecule has 1 fully saturated rings. The van der Waals surface area contributed by atoms with Crippen molar-refractivity contribution in [3.63, 3.8) is 0 Å². The maximum absolute atomic E-state index is 12.0. The van der Waals surface area contributed by atoms with Crippen molar-refractivity contribution in [1.29, 1.82) is 0 Å². The first-order valence-electron chi connectivity index (χ1n) is 6.55. The number of nitrogens with one attached hydrogen (secondary N) is 1. The minimum Gasteiger partial charge on any atom is -0.466 e. The normalized spacial score (nSPS) is 23.9. The molecule has 0 radical (unpaired) electrons. The summed E-state index contributed by atoms with van der Waals surface area (Å²) in [5.41, 5.74) is 0.651. The fourth-order valence-electron chi connectivity index (χ4n) is 2.51. The second-order valence-corrected chi connectivity index (χ2v) is 5.77. The molecule has 1 amide bonds. The zero-order valence-corrected chi connectivity index (χ0v) is 11.7. The van der Waals surface area contributed by atoms with Crippen molar-refractivity contribution in [3.8, 4) is 0 Å². The van der Waals surface area contributed by atoms with Gasteiger partial charge in [-0.2, -0.15) is 0 Å². The molecule has 1 saturated carbocycles. The number of aryl methyl sites for hydroxylation is 2. The highest BCUT2D eigenvalue weighted by molar-refractivity contribution is 6.20. The molecule has 3 nitrogen and oxygen atoms in total. The average molecular weight is 270 g/mol. The minimum absolute atomic E-state index is 0.0302. The van der Waals surface area contributed by atoms with Gasteiger partial charge in [0.05, 0.1) is 5.56 Å². The second kappa shape index (κ2) is 5.79. The summed E-state index contributed by atoms with van der Waals surface area (Å²) in [4.78, 5) is 12.0. The van der Waals surface area contributed by atoms with Gasteiger partial charge in [0.2, 0.25) is 0 Å². The van der Waals surface area contributed by atoms with Gasteiger partial charge in [0, 0.05) is 11.9 Å². The van der Waals surface area contributed by atoms with Gasteiger partial charge in [-0.1, -0.05) is 0 Å². The lowest BCUT2D eigenvalue weighted by Crippen LogP contribution is -2.31. The Hall–Kier alpha value is -0.960. The molecule has 4 heteroatoms. The Morgan fingerprint density at radius 3 is 2.61 bits per heavy atom. The Bertz CT molecular complexity index is 419. The molecule has 2 rings (SSSR count). The number of carbonyl (C=O) groups is 1. The van der Waals surface area contributed by atoms with Gasteiger partial charge < -0.3 is 9.73 Å². The number of hydrogen-bond donors (Lipinski definition) is 1. The van der Waals surface area contributed by atoms with Crippen molar-refractivity contribution in [1.82, 2.24) is 5.32 Å². The van der Waals surface area contributed by atoms with Crippen LogP contribution in [0.1, 0.15) is 47.6 Å². The number of rotatable bonds is 3. The summed E-state index contributed by atoms with van der Waals surface area (Å²) in [5, 5.41) is 3.33. The molecular formula is C14H20ClNO2. The number of amides is 1. The third-order valence-corrected chi connectivity index (χ3v) is 4.05. The third kappa shape index (κ3) is 3.29. The minimum atomic E-state index is -0.0302. The lowest BCUT2D eigenvalue weighted by molar-refractivity contribution is 0.0942. The van der Waals surface area contributed by atoms with Crippen molar-refractivity contribution >= 4 is 17.5 Å². The van der Waals surface area contributed by atoms with Gasteiger partial charge in [0.15, 0.2) is 0 Å². The predicted molar refractivity (Wildman–Crippen MR) is 72.1 cm³/mol. The zero-order valence-electron chi connectivity index (χ0n) is 11.0. The summed E-state index contributed by atoms with van der Waals surface area (Å²) in [6, 6.07) is 1.79. The lowest BCUT2D eigenvalue weighted by atomic mass is 9.89. The number of carbonyl (C=O) groups excluding carboxylic acids is 1. The molecule has 18 heavy (non-hydrogen) atoms. The molecule has 0 spiro atoms. The highest BCUT2D eigenvalue weighted by Gasteiger charge is 2.21.